The van der Waals surface area contributed by atoms with E-state index < -0.39 is 24.3 Å². The van der Waals surface area contributed by atoms with Crippen molar-refractivity contribution < 1.29 is 19.8 Å². The van der Waals surface area contributed by atoms with Crippen molar-refractivity contribution in [2.24, 2.45) is 0 Å². The van der Waals surface area contributed by atoms with Crippen molar-refractivity contribution >= 4 is 46.5 Å². The maximum Gasteiger partial charge on any atom is 0.253 e. The topological polar surface area (TPSA) is 126 Å². The summed E-state index contributed by atoms with van der Waals surface area (Å²) in [4.78, 5) is 26.3. The Morgan fingerprint density at radius 3 is 2.23 bits per heavy atom. The van der Waals surface area contributed by atoms with Crippen LogP contribution in [-0.4, -0.2) is 53.3 Å². The molecule has 0 saturated carbocycles. The summed E-state index contributed by atoms with van der Waals surface area (Å²) in [6.07, 6.45) is -0.0696. The van der Waals surface area contributed by atoms with Gasteiger partial charge in [-0.15, -0.1) is 0 Å². The number of carbonyl (C=O) groups is 2. The molecule has 0 saturated heterocycles. The minimum absolute atomic E-state index is 0.0485. The summed E-state index contributed by atoms with van der Waals surface area (Å²) in [7, 11) is 0. The second kappa shape index (κ2) is 11.3. The van der Waals surface area contributed by atoms with Gasteiger partial charge in [0.15, 0.2) is 0 Å². The van der Waals surface area contributed by atoms with Crippen LogP contribution in [0.15, 0.2) is 48.5 Å². The van der Waals surface area contributed by atoms with Crippen LogP contribution in [0.4, 0.5) is 17.1 Å². The fraction of sp³-hybridized carbons (Fsp3) is 0.286. The van der Waals surface area contributed by atoms with E-state index in [4.69, 9.17) is 5.41 Å². The summed E-state index contributed by atoms with van der Waals surface area (Å²) < 4.78 is 3.07. The van der Waals surface area contributed by atoms with Crippen molar-refractivity contribution in [3.05, 3.63) is 54.1 Å². The lowest BCUT2D eigenvalue weighted by atomic mass is 10.1. The van der Waals surface area contributed by atoms with E-state index in [0.717, 1.165) is 11.3 Å². The standard InChI is InChI=1S/C21H26N4O4S/c1-14(22)15-3-5-16(6-4-15)23-21(29)19(27)13-20(28)25(11-12-26)18-9-7-17(8-10-18)24-30-2/h3-10,19,22,24,26-27H,11-13H2,1-2H3,(H,23,29). The molecule has 1 atom stereocenters. The first-order valence-corrected chi connectivity index (χ1v) is 10.5. The lowest BCUT2D eigenvalue weighted by molar-refractivity contribution is -0.129. The van der Waals surface area contributed by atoms with Gasteiger partial charge < -0.3 is 30.6 Å². The first-order valence-electron chi connectivity index (χ1n) is 9.30. The van der Waals surface area contributed by atoms with Crippen molar-refractivity contribution in [3.63, 3.8) is 0 Å². The highest BCUT2D eigenvalue weighted by Crippen LogP contribution is 2.20. The Labute approximate surface area is 179 Å². The zero-order chi connectivity index (χ0) is 22.1. The molecule has 0 radical (unpaired) electrons. The fourth-order valence-corrected chi connectivity index (χ4v) is 3.09. The predicted octanol–water partition coefficient (Wildman–Crippen LogP) is 2.48. The van der Waals surface area contributed by atoms with Crippen LogP contribution in [-0.2, 0) is 9.59 Å². The van der Waals surface area contributed by atoms with Gasteiger partial charge in [0.05, 0.1) is 13.0 Å². The van der Waals surface area contributed by atoms with Gasteiger partial charge in [0, 0.05) is 35.6 Å². The maximum absolute atomic E-state index is 12.7. The maximum atomic E-state index is 12.7. The number of amides is 2. The smallest absolute Gasteiger partial charge is 0.253 e. The summed E-state index contributed by atoms with van der Waals surface area (Å²) >= 11 is 1.44. The third-order valence-electron chi connectivity index (χ3n) is 4.28. The molecular weight excluding hydrogens is 404 g/mol. The van der Waals surface area contributed by atoms with Gasteiger partial charge in [-0.2, -0.15) is 0 Å². The number of benzene rings is 2. The van der Waals surface area contributed by atoms with Crippen LogP contribution in [0, 0.1) is 5.41 Å². The van der Waals surface area contributed by atoms with E-state index in [1.54, 1.807) is 55.5 Å². The zero-order valence-corrected chi connectivity index (χ0v) is 17.7. The number of carbonyl (C=O) groups excluding carboxylic acids is 2. The van der Waals surface area contributed by atoms with Crippen molar-refractivity contribution in [2.75, 3.05) is 34.3 Å². The Kier molecular flexibility index (Phi) is 8.85. The quantitative estimate of drug-likeness (QED) is 0.291. The number of hydrogen-bond acceptors (Lipinski definition) is 7. The molecular formula is C21H26N4O4S. The Balaban J connectivity index is 2.01. The molecule has 2 aromatic rings. The molecule has 0 bridgehead atoms. The minimum Gasteiger partial charge on any atom is -0.395 e. The summed E-state index contributed by atoms with van der Waals surface area (Å²) in [5.41, 5.74) is 3.01. The molecule has 0 aliphatic heterocycles. The van der Waals surface area contributed by atoms with Crippen LogP contribution in [0.25, 0.3) is 0 Å². The zero-order valence-electron chi connectivity index (χ0n) is 16.9. The van der Waals surface area contributed by atoms with Crippen LogP contribution >= 0.6 is 11.9 Å². The van der Waals surface area contributed by atoms with Gasteiger partial charge in [0.25, 0.3) is 5.91 Å². The molecule has 0 fully saturated rings. The Morgan fingerprint density at radius 1 is 1.10 bits per heavy atom. The molecule has 1 unspecified atom stereocenters. The van der Waals surface area contributed by atoms with Gasteiger partial charge in [-0.1, -0.05) is 24.1 Å². The second-order valence-electron chi connectivity index (χ2n) is 6.53. The molecule has 2 rings (SSSR count). The highest BCUT2D eigenvalue weighted by Gasteiger charge is 2.24. The van der Waals surface area contributed by atoms with Crippen molar-refractivity contribution in [1.29, 1.82) is 5.41 Å². The molecule has 2 amide bonds. The van der Waals surface area contributed by atoms with E-state index in [-0.39, 0.29) is 13.2 Å². The molecule has 0 aliphatic rings. The molecule has 0 aliphatic carbocycles. The lowest BCUT2D eigenvalue weighted by Gasteiger charge is -2.23. The van der Waals surface area contributed by atoms with E-state index in [0.29, 0.717) is 17.1 Å². The average molecular weight is 431 g/mol. The normalized spacial score (nSPS) is 11.5. The predicted molar refractivity (Wildman–Crippen MR) is 121 cm³/mol. The van der Waals surface area contributed by atoms with Gasteiger partial charge in [-0.05, 0) is 48.9 Å². The molecule has 30 heavy (non-hydrogen) atoms. The highest BCUT2D eigenvalue weighted by molar-refractivity contribution is 7.99. The van der Waals surface area contributed by atoms with E-state index >= 15 is 0 Å². The van der Waals surface area contributed by atoms with E-state index in [2.05, 4.69) is 10.0 Å². The van der Waals surface area contributed by atoms with Crippen LogP contribution in [0.5, 0.6) is 0 Å². The number of hydrogen-bond donors (Lipinski definition) is 5. The highest BCUT2D eigenvalue weighted by atomic mass is 32.2. The second-order valence-corrected chi connectivity index (χ2v) is 7.15. The van der Waals surface area contributed by atoms with Gasteiger partial charge in [-0.25, -0.2) is 0 Å². The molecule has 0 spiro atoms. The summed E-state index contributed by atoms with van der Waals surface area (Å²) in [6.45, 7) is 1.46. The Morgan fingerprint density at radius 2 is 1.70 bits per heavy atom. The molecule has 2 aromatic carbocycles. The van der Waals surface area contributed by atoms with Gasteiger partial charge in [0.2, 0.25) is 5.91 Å². The SMILES string of the molecule is CSNc1ccc(N(CCO)C(=O)CC(O)C(=O)Nc2ccc(C(C)=N)cc2)cc1. The molecule has 160 valence electrons. The number of nitrogens with one attached hydrogen (secondary N) is 3. The third kappa shape index (κ3) is 6.58. The Hall–Kier alpha value is -2.88. The minimum atomic E-state index is -1.54. The lowest BCUT2D eigenvalue weighted by Crippen LogP contribution is -2.39. The van der Waals surface area contributed by atoms with Gasteiger partial charge in [0.1, 0.15) is 6.10 Å². The fourth-order valence-electron chi connectivity index (χ4n) is 2.72. The summed E-state index contributed by atoms with van der Waals surface area (Å²) in [6, 6.07) is 13.7. The van der Waals surface area contributed by atoms with Crippen LogP contribution in [0.1, 0.15) is 18.9 Å². The van der Waals surface area contributed by atoms with Crippen LogP contribution in [0.3, 0.4) is 0 Å². The first kappa shape index (κ1) is 23.4. The molecule has 8 nitrogen and oxygen atoms in total. The van der Waals surface area contributed by atoms with E-state index in [9.17, 15) is 19.8 Å². The van der Waals surface area contributed by atoms with Gasteiger partial charge >= 0.3 is 0 Å². The van der Waals surface area contributed by atoms with E-state index in [1.165, 1.54) is 16.8 Å². The average Bonchev–Trinajstić information content (AvgIpc) is 2.73. The molecule has 5 N–H and O–H groups in total. The van der Waals surface area contributed by atoms with Crippen molar-refractivity contribution in [2.45, 2.75) is 19.4 Å². The van der Waals surface area contributed by atoms with Gasteiger partial charge in [-0.3, -0.25) is 9.59 Å². The number of aliphatic hydroxyl groups excluding tert-OH is 2. The molecule has 9 heteroatoms. The number of aliphatic hydroxyl groups is 2. The number of nitrogens with zero attached hydrogens (tertiary/aromatic N) is 1. The Bertz CT molecular complexity index is 872. The van der Waals surface area contributed by atoms with Crippen molar-refractivity contribution in [3.8, 4) is 0 Å². The summed E-state index contributed by atoms with van der Waals surface area (Å²) in [5.74, 6) is -1.18. The van der Waals surface area contributed by atoms with Crippen LogP contribution < -0.4 is 14.9 Å². The first-order chi connectivity index (χ1) is 14.3. The van der Waals surface area contributed by atoms with Crippen LogP contribution in [0.2, 0.25) is 0 Å². The largest absolute Gasteiger partial charge is 0.395 e. The summed E-state index contributed by atoms with van der Waals surface area (Å²) in [5, 5.41) is 29.7. The third-order valence-corrected chi connectivity index (χ3v) is 4.72. The van der Waals surface area contributed by atoms with Crippen molar-refractivity contribution in [1.82, 2.24) is 0 Å². The monoisotopic (exact) mass is 430 g/mol. The van der Waals surface area contributed by atoms with E-state index in [1.807, 2.05) is 6.26 Å². The number of anilines is 3. The molecule has 0 heterocycles. The number of rotatable bonds is 10. The molecule has 0 aromatic heterocycles.